The summed E-state index contributed by atoms with van der Waals surface area (Å²) in [6, 6.07) is 3.55. The van der Waals surface area contributed by atoms with E-state index in [0.29, 0.717) is 24.8 Å². The molecule has 4 fully saturated rings. The number of carbonyl (C=O) groups is 4. The van der Waals surface area contributed by atoms with Crippen LogP contribution < -0.4 is 10.6 Å². The first-order valence-electron chi connectivity index (χ1n) is 19.4. The molecule has 8 atom stereocenters. The Balaban J connectivity index is 1.26. The summed E-state index contributed by atoms with van der Waals surface area (Å²) in [5.74, 6) is -0.127. The third kappa shape index (κ3) is 5.93. The smallest absolute Gasteiger partial charge is 0.315 e. The molecule has 5 unspecified atom stereocenters. The number of urea groups is 1. The monoisotopic (exact) mass is 703 g/mol. The summed E-state index contributed by atoms with van der Waals surface area (Å²) in [5, 5.41) is 16.0. The fourth-order valence-corrected chi connectivity index (χ4v) is 12.5. The van der Waals surface area contributed by atoms with E-state index in [1.54, 1.807) is 26.2 Å². The predicted octanol–water partition coefficient (Wildman–Crippen LogP) is 8.03. The van der Waals surface area contributed by atoms with Crippen molar-refractivity contribution in [1.29, 1.82) is 0 Å². The van der Waals surface area contributed by atoms with Crippen molar-refractivity contribution in [1.82, 2.24) is 15.6 Å². The fourth-order valence-electron chi connectivity index (χ4n) is 12.5. The highest BCUT2D eigenvalue weighted by atomic mass is 16.5. The van der Waals surface area contributed by atoms with Crippen LogP contribution in [0.5, 0.6) is 0 Å². The molecule has 4 saturated carbocycles. The lowest BCUT2D eigenvalue weighted by molar-refractivity contribution is -0.232. The Bertz CT molecular complexity index is 1620. The van der Waals surface area contributed by atoms with Gasteiger partial charge in [0, 0.05) is 30.8 Å². The average molecular weight is 704 g/mol. The van der Waals surface area contributed by atoms with Crippen LogP contribution in [0.3, 0.4) is 0 Å². The number of carboxylic acids is 1. The standard InChI is InChI=1S/C42H61N3O6/c1-25(2)33-28(46)22-42(45-36(50)44-24-26-14-20-43-21-15-26)19-18-40(8)27(34(33)42)10-11-30-39(7)16-13-31(51-32(47)23-37(3,4)35(48)49)38(5,6)29(39)12-17-41(30,40)9/h14-15,20-21,25,27,29-31H,10-13,16-19,22-24H2,1-9H3,(H,48,49)(H2,44,45,50)/t27?,29?,30?,31-,39?,40+,41+,42?/m0/s1. The second-order valence-corrected chi connectivity index (χ2v) is 19.1. The van der Waals surface area contributed by atoms with Gasteiger partial charge in [-0.15, -0.1) is 0 Å². The van der Waals surface area contributed by atoms with Crippen LogP contribution in [-0.2, 0) is 25.7 Å². The highest BCUT2D eigenvalue weighted by Crippen LogP contribution is 2.76. The number of esters is 1. The molecule has 280 valence electrons. The number of hydrogen-bond donors (Lipinski definition) is 3. The van der Waals surface area contributed by atoms with E-state index in [-0.39, 0.29) is 57.8 Å². The topological polar surface area (TPSA) is 135 Å². The summed E-state index contributed by atoms with van der Waals surface area (Å²) >= 11 is 0. The molecule has 1 aromatic heterocycles. The Morgan fingerprint density at radius 3 is 2.27 bits per heavy atom. The lowest BCUT2D eigenvalue weighted by atomic mass is 9.33. The molecule has 1 heterocycles. The first-order chi connectivity index (χ1) is 23.7. The van der Waals surface area contributed by atoms with Gasteiger partial charge in [-0.05, 0) is 134 Å². The molecule has 0 aromatic carbocycles. The molecule has 51 heavy (non-hydrogen) atoms. The van der Waals surface area contributed by atoms with Crippen molar-refractivity contribution in [3.63, 3.8) is 0 Å². The number of carbonyl (C=O) groups excluding carboxylic acids is 3. The second kappa shape index (κ2) is 12.7. The number of carboxylic acid groups (broad SMARTS) is 1. The SMILES string of the molecule is CC(C)C1=C2C3CCC4C5(C)CC[C@H](OC(=O)CC(C)(C)C(=O)O)C(C)(C)C5CC[C@@]4(C)[C@]3(C)CCC2(NC(=O)NCc2ccncc2)CC1=O. The molecule has 1 aromatic rings. The molecule has 6 rings (SSSR count). The molecule has 5 aliphatic rings. The van der Waals surface area contributed by atoms with Gasteiger partial charge in [0.05, 0.1) is 17.4 Å². The van der Waals surface area contributed by atoms with Crippen LogP contribution in [0, 0.1) is 50.7 Å². The maximum absolute atomic E-state index is 13.9. The molecule has 0 saturated heterocycles. The van der Waals surface area contributed by atoms with Gasteiger partial charge in [0.25, 0.3) is 0 Å². The Morgan fingerprint density at radius 2 is 1.63 bits per heavy atom. The first kappa shape index (κ1) is 37.5. The van der Waals surface area contributed by atoms with Crippen molar-refractivity contribution >= 4 is 23.8 Å². The Labute approximate surface area is 304 Å². The molecule has 2 amide bonds. The number of aliphatic carboxylic acids is 1. The van der Waals surface area contributed by atoms with Crippen LogP contribution in [0.15, 0.2) is 35.7 Å². The number of ether oxygens (including phenoxy) is 1. The number of nitrogens with zero attached hydrogens (tertiary/aromatic N) is 1. The van der Waals surface area contributed by atoms with Gasteiger partial charge >= 0.3 is 18.0 Å². The van der Waals surface area contributed by atoms with Gasteiger partial charge in [-0.25, -0.2) is 4.79 Å². The van der Waals surface area contributed by atoms with Gasteiger partial charge < -0.3 is 20.5 Å². The molecular weight excluding hydrogens is 642 g/mol. The molecule has 5 aliphatic carbocycles. The van der Waals surface area contributed by atoms with E-state index in [1.807, 2.05) is 12.1 Å². The van der Waals surface area contributed by atoms with Crippen molar-refractivity contribution < 1.29 is 29.0 Å². The van der Waals surface area contributed by atoms with Crippen LogP contribution in [0.2, 0.25) is 0 Å². The lowest BCUT2D eigenvalue weighted by Crippen LogP contribution is -2.67. The number of fused-ring (bicyclic) bond motifs is 7. The van der Waals surface area contributed by atoms with Crippen molar-refractivity contribution in [3.05, 3.63) is 41.2 Å². The first-order valence-corrected chi connectivity index (χ1v) is 19.4. The Morgan fingerprint density at radius 1 is 0.941 bits per heavy atom. The number of pyridine rings is 1. The molecule has 0 aliphatic heterocycles. The minimum absolute atomic E-state index is 0.0305. The zero-order chi connectivity index (χ0) is 37.4. The minimum atomic E-state index is -1.17. The van der Waals surface area contributed by atoms with E-state index in [0.717, 1.165) is 62.5 Å². The van der Waals surface area contributed by atoms with E-state index in [4.69, 9.17) is 4.74 Å². The minimum Gasteiger partial charge on any atom is -0.481 e. The summed E-state index contributed by atoms with van der Waals surface area (Å²) in [6.07, 6.45) is 11.0. The van der Waals surface area contributed by atoms with Crippen LogP contribution in [0.4, 0.5) is 4.79 Å². The maximum atomic E-state index is 13.9. The molecule has 0 bridgehead atoms. The summed E-state index contributed by atoms with van der Waals surface area (Å²) in [5.41, 5.74) is 1.08. The van der Waals surface area contributed by atoms with Crippen molar-refractivity contribution in [2.45, 2.75) is 145 Å². The van der Waals surface area contributed by atoms with Gasteiger partial charge in [0.15, 0.2) is 5.78 Å². The average Bonchev–Trinajstić information content (AvgIpc) is 3.33. The van der Waals surface area contributed by atoms with Crippen LogP contribution in [-0.4, -0.2) is 45.5 Å². The highest BCUT2D eigenvalue weighted by Gasteiger charge is 2.70. The van der Waals surface area contributed by atoms with Gasteiger partial charge in [-0.2, -0.15) is 0 Å². The number of hydrogen-bond acceptors (Lipinski definition) is 6. The number of ketones is 1. The maximum Gasteiger partial charge on any atom is 0.315 e. The third-order valence-electron chi connectivity index (χ3n) is 15.4. The lowest BCUT2D eigenvalue weighted by Gasteiger charge is -2.72. The number of aromatic nitrogens is 1. The molecule has 3 N–H and O–H groups in total. The van der Waals surface area contributed by atoms with Gasteiger partial charge in [0.2, 0.25) is 0 Å². The van der Waals surface area contributed by atoms with E-state index in [9.17, 15) is 24.3 Å². The zero-order valence-electron chi connectivity index (χ0n) is 32.4. The number of allylic oxidation sites excluding steroid dienone is 1. The number of amides is 2. The number of rotatable bonds is 8. The Kier molecular flexibility index (Phi) is 9.36. The molecule has 0 spiro atoms. The van der Waals surface area contributed by atoms with Gasteiger partial charge in [-0.1, -0.05) is 48.5 Å². The summed E-state index contributed by atoms with van der Waals surface area (Å²) in [4.78, 5) is 56.3. The Hall–Kier alpha value is -3.23. The van der Waals surface area contributed by atoms with Crippen LogP contribution >= 0.6 is 0 Å². The molecule has 9 nitrogen and oxygen atoms in total. The quantitative estimate of drug-likeness (QED) is 0.233. The molecule has 0 radical (unpaired) electrons. The summed E-state index contributed by atoms with van der Waals surface area (Å²) in [6.45, 7) is 19.8. The fraction of sp³-hybridized carbons (Fsp3) is 0.738. The van der Waals surface area contributed by atoms with Crippen molar-refractivity contribution in [3.8, 4) is 0 Å². The van der Waals surface area contributed by atoms with Crippen molar-refractivity contribution in [2.75, 3.05) is 0 Å². The number of nitrogens with one attached hydrogen (secondary N) is 2. The van der Waals surface area contributed by atoms with Crippen molar-refractivity contribution in [2.24, 2.45) is 50.7 Å². The number of Topliss-reactive ketones (excluding diaryl/α,β-unsaturated/α-hetero) is 1. The second-order valence-electron chi connectivity index (χ2n) is 19.1. The largest absolute Gasteiger partial charge is 0.481 e. The zero-order valence-corrected chi connectivity index (χ0v) is 32.4. The van der Waals surface area contributed by atoms with Gasteiger partial charge in [0.1, 0.15) is 6.10 Å². The van der Waals surface area contributed by atoms with Crippen LogP contribution in [0.1, 0.15) is 132 Å². The van der Waals surface area contributed by atoms with E-state index in [1.165, 1.54) is 5.57 Å². The van der Waals surface area contributed by atoms with E-state index < -0.39 is 22.9 Å². The molecular formula is C42H61N3O6. The van der Waals surface area contributed by atoms with Crippen LogP contribution in [0.25, 0.3) is 0 Å². The summed E-state index contributed by atoms with van der Waals surface area (Å²) in [7, 11) is 0. The van der Waals surface area contributed by atoms with E-state index >= 15 is 0 Å². The highest BCUT2D eigenvalue weighted by molar-refractivity contribution is 6.02. The van der Waals surface area contributed by atoms with Gasteiger partial charge in [-0.3, -0.25) is 19.4 Å². The molecule has 9 heteroatoms. The summed E-state index contributed by atoms with van der Waals surface area (Å²) < 4.78 is 6.15. The predicted molar refractivity (Wildman–Crippen MR) is 195 cm³/mol. The van der Waals surface area contributed by atoms with E-state index in [2.05, 4.69) is 64.1 Å². The normalized spacial score (nSPS) is 37.1. The third-order valence-corrected chi connectivity index (χ3v) is 15.4.